The summed E-state index contributed by atoms with van der Waals surface area (Å²) in [5, 5.41) is 9.55. The molecule has 1 aromatic rings. The molecule has 0 saturated carbocycles. The Labute approximate surface area is 114 Å². The normalized spacial score (nSPS) is 13.5. The number of aromatic hydroxyl groups is 1. The van der Waals surface area contributed by atoms with Crippen molar-refractivity contribution in [1.82, 2.24) is 4.90 Å². The van der Waals surface area contributed by atoms with Crippen molar-refractivity contribution in [3.63, 3.8) is 0 Å². The number of phenolic OH excluding ortho intramolecular Hbond substituents is 1. The molecule has 0 aliphatic carbocycles. The average Bonchev–Trinajstić information content (AvgIpc) is 2.34. The predicted octanol–water partition coefficient (Wildman–Crippen LogP) is 1.44. The first kappa shape index (κ1) is 15.8. The summed E-state index contributed by atoms with van der Waals surface area (Å²) in [6.45, 7) is 2.44. The van der Waals surface area contributed by atoms with Crippen LogP contribution >= 0.6 is 0 Å². The Bertz CT molecular complexity index is 527. The van der Waals surface area contributed by atoms with Crippen LogP contribution in [-0.2, 0) is 9.84 Å². The summed E-state index contributed by atoms with van der Waals surface area (Å²) < 4.78 is 27.4. The van der Waals surface area contributed by atoms with E-state index < -0.39 is 9.84 Å². The summed E-state index contributed by atoms with van der Waals surface area (Å²) in [6, 6.07) is 5.18. The molecule has 0 bridgehead atoms. The van der Waals surface area contributed by atoms with Crippen molar-refractivity contribution >= 4 is 9.84 Å². The summed E-state index contributed by atoms with van der Waals surface area (Å²) in [4.78, 5) is 1.95. The van der Waals surface area contributed by atoms with Gasteiger partial charge in [0.25, 0.3) is 0 Å². The SMILES string of the molecule is COc1cc(C(C)N(C)CCS(C)(=O)=O)ccc1O. The number of ether oxygens (including phenoxy) is 1. The highest BCUT2D eigenvalue weighted by Crippen LogP contribution is 2.30. The van der Waals surface area contributed by atoms with Gasteiger partial charge in [0.05, 0.1) is 12.9 Å². The van der Waals surface area contributed by atoms with Crippen molar-refractivity contribution in [2.75, 3.05) is 32.7 Å². The molecule has 1 unspecified atom stereocenters. The van der Waals surface area contributed by atoms with E-state index in [1.54, 1.807) is 18.2 Å². The highest BCUT2D eigenvalue weighted by molar-refractivity contribution is 7.90. The van der Waals surface area contributed by atoms with Crippen molar-refractivity contribution in [2.24, 2.45) is 0 Å². The molecule has 0 radical (unpaired) electrons. The molecule has 1 rings (SSSR count). The van der Waals surface area contributed by atoms with Crippen LogP contribution < -0.4 is 4.74 Å². The van der Waals surface area contributed by atoms with Crippen molar-refractivity contribution in [3.8, 4) is 11.5 Å². The van der Waals surface area contributed by atoms with Gasteiger partial charge in [-0.05, 0) is 31.7 Å². The fourth-order valence-corrected chi connectivity index (χ4v) is 2.33. The molecule has 0 saturated heterocycles. The molecule has 1 N–H and O–H groups in total. The third-order valence-corrected chi connectivity index (χ3v) is 4.09. The summed E-state index contributed by atoms with van der Waals surface area (Å²) in [6.07, 6.45) is 1.23. The van der Waals surface area contributed by atoms with Gasteiger partial charge in [-0.2, -0.15) is 0 Å². The third kappa shape index (κ3) is 4.72. The maximum absolute atomic E-state index is 11.2. The molecule has 1 aromatic carbocycles. The van der Waals surface area contributed by atoms with Crippen LogP contribution in [0.25, 0.3) is 0 Å². The Balaban J connectivity index is 2.79. The number of hydrogen-bond acceptors (Lipinski definition) is 5. The fraction of sp³-hybridized carbons (Fsp3) is 0.538. The Morgan fingerprint density at radius 2 is 2.05 bits per heavy atom. The standard InChI is InChI=1S/C13H21NO4S/c1-10(14(2)7-8-19(4,16)17)11-5-6-12(15)13(9-11)18-3/h5-6,9-10,15H,7-8H2,1-4H3. The molecule has 1 atom stereocenters. The van der Waals surface area contributed by atoms with E-state index in [4.69, 9.17) is 4.74 Å². The molecule has 0 aliphatic heterocycles. The number of nitrogens with zero attached hydrogens (tertiary/aromatic N) is 1. The van der Waals surface area contributed by atoms with E-state index in [1.807, 2.05) is 18.9 Å². The fourth-order valence-electron chi connectivity index (χ4n) is 1.71. The van der Waals surface area contributed by atoms with E-state index >= 15 is 0 Å². The molecular formula is C13H21NO4S. The van der Waals surface area contributed by atoms with Crippen molar-refractivity contribution in [2.45, 2.75) is 13.0 Å². The highest BCUT2D eigenvalue weighted by atomic mass is 32.2. The van der Waals surface area contributed by atoms with Gasteiger partial charge in [0, 0.05) is 18.8 Å². The maximum atomic E-state index is 11.2. The quantitative estimate of drug-likeness (QED) is 0.857. The summed E-state index contributed by atoms with van der Waals surface area (Å²) in [7, 11) is 0.406. The number of sulfone groups is 1. The predicted molar refractivity (Wildman–Crippen MR) is 75.4 cm³/mol. The van der Waals surface area contributed by atoms with Crippen LogP contribution in [0.4, 0.5) is 0 Å². The van der Waals surface area contributed by atoms with Crippen LogP contribution in [0.1, 0.15) is 18.5 Å². The minimum atomic E-state index is -2.96. The van der Waals surface area contributed by atoms with E-state index in [0.717, 1.165) is 5.56 Å². The summed E-state index contributed by atoms with van der Waals surface area (Å²) in [5.74, 6) is 0.640. The van der Waals surface area contributed by atoms with Crippen LogP contribution in [0.15, 0.2) is 18.2 Å². The van der Waals surface area contributed by atoms with Gasteiger partial charge in [-0.15, -0.1) is 0 Å². The number of rotatable bonds is 6. The zero-order valence-corrected chi connectivity index (χ0v) is 12.6. The molecule has 0 spiro atoms. The van der Waals surface area contributed by atoms with Crippen LogP contribution in [0, 0.1) is 0 Å². The number of benzene rings is 1. The van der Waals surface area contributed by atoms with Crippen molar-refractivity contribution in [3.05, 3.63) is 23.8 Å². The van der Waals surface area contributed by atoms with Gasteiger partial charge in [0.1, 0.15) is 9.84 Å². The van der Waals surface area contributed by atoms with E-state index in [-0.39, 0.29) is 17.5 Å². The van der Waals surface area contributed by atoms with Gasteiger partial charge >= 0.3 is 0 Å². The minimum Gasteiger partial charge on any atom is -0.504 e. The molecule has 19 heavy (non-hydrogen) atoms. The first-order valence-electron chi connectivity index (χ1n) is 5.99. The van der Waals surface area contributed by atoms with Crippen LogP contribution in [0.2, 0.25) is 0 Å². The molecule has 6 heteroatoms. The largest absolute Gasteiger partial charge is 0.504 e. The van der Waals surface area contributed by atoms with Gasteiger partial charge in [0.15, 0.2) is 11.5 Å². The van der Waals surface area contributed by atoms with E-state index in [1.165, 1.54) is 13.4 Å². The smallest absolute Gasteiger partial charge is 0.160 e. The van der Waals surface area contributed by atoms with E-state index in [9.17, 15) is 13.5 Å². The molecule has 0 aromatic heterocycles. The zero-order chi connectivity index (χ0) is 14.6. The zero-order valence-electron chi connectivity index (χ0n) is 11.8. The summed E-state index contributed by atoms with van der Waals surface area (Å²) in [5.41, 5.74) is 0.964. The lowest BCUT2D eigenvalue weighted by atomic mass is 10.1. The lowest BCUT2D eigenvalue weighted by Crippen LogP contribution is -2.28. The van der Waals surface area contributed by atoms with E-state index in [0.29, 0.717) is 12.3 Å². The Hall–Kier alpha value is -1.27. The summed E-state index contributed by atoms with van der Waals surface area (Å²) >= 11 is 0. The first-order valence-corrected chi connectivity index (χ1v) is 8.05. The Morgan fingerprint density at radius 1 is 1.42 bits per heavy atom. The van der Waals surface area contributed by atoms with Crippen LogP contribution in [0.3, 0.4) is 0 Å². The average molecular weight is 287 g/mol. The minimum absolute atomic E-state index is 0.0382. The highest BCUT2D eigenvalue weighted by Gasteiger charge is 2.15. The van der Waals surface area contributed by atoms with Gasteiger partial charge in [0.2, 0.25) is 0 Å². The van der Waals surface area contributed by atoms with Crippen molar-refractivity contribution in [1.29, 1.82) is 0 Å². The first-order chi connectivity index (χ1) is 8.74. The van der Waals surface area contributed by atoms with E-state index in [2.05, 4.69) is 0 Å². The van der Waals surface area contributed by atoms with Gasteiger partial charge in [-0.25, -0.2) is 8.42 Å². The monoisotopic (exact) mass is 287 g/mol. The lowest BCUT2D eigenvalue weighted by Gasteiger charge is -2.25. The number of methoxy groups -OCH3 is 1. The molecule has 5 nitrogen and oxygen atoms in total. The topological polar surface area (TPSA) is 66.8 Å². The molecule has 0 amide bonds. The third-order valence-electron chi connectivity index (χ3n) is 3.16. The maximum Gasteiger partial charge on any atom is 0.160 e. The lowest BCUT2D eigenvalue weighted by molar-refractivity contribution is 0.275. The van der Waals surface area contributed by atoms with Gasteiger partial charge < -0.3 is 9.84 Å². The molecule has 0 aliphatic rings. The van der Waals surface area contributed by atoms with Crippen molar-refractivity contribution < 1.29 is 18.3 Å². The Kier molecular flexibility index (Phi) is 5.20. The second-order valence-corrected chi connectivity index (χ2v) is 6.98. The van der Waals surface area contributed by atoms with Crippen LogP contribution in [0.5, 0.6) is 11.5 Å². The molecule has 0 heterocycles. The molecule has 108 valence electrons. The molecular weight excluding hydrogens is 266 g/mol. The number of phenols is 1. The van der Waals surface area contributed by atoms with Gasteiger partial charge in [-0.3, -0.25) is 4.90 Å². The van der Waals surface area contributed by atoms with Gasteiger partial charge in [-0.1, -0.05) is 6.07 Å². The Morgan fingerprint density at radius 3 is 2.58 bits per heavy atom. The second kappa shape index (κ2) is 6.25. The second-order valence-electron chi connectivity index (χ2n) is 4.72. The number of hydrogen-bond donors (Lipinski definition) is 1. The molecule has 0 fully saturated rings. The van der Waals surface area contributed by atoms with Crippen LogP contribution in [-0.4, -0.2) is 51.1 Å².